The van der Waals surface area contributed by atoms with Crippen LogP contribution in [-0.4, -0.2) is 15.5 Å². The summed E-state index contributed by atoms with van der Waals surface area (Å²) in [5.74, 6) is -0.542. The number of nitrogens with one attached hydrogen (secondary N) is 2. The minimum Gasteiger partial charge on any atom is -0.377 e. The Morgan fingerprint density at radius 2 is 2.24 bits per heavy atom. The average molecular weight is 290 g/mol. The molecule has 0 saturated heterocycles. The summed E-state index contributed by atoms with van der Waals surface area (Å²) in [7, 11) is 0. The molecule has 2 rings (SSSR count). The average Bonchev–Trinajstić information content (AvgIpc) is 2.87. The molecule has 21 heavy (non-hydrogen) atoms. The molecule has 0 bridgehead atoms. The van der Waals surface area contributed by atoms with Crippen molar-refractivity contribution in [3.8, 4) is 0 Å². The summed E-state index contributed by atoms with van der Waals surface area (Å²) < 4.78 is 15.8. The van der Waals surface area contributed by atoms with E-state index in [2.05, 4.69) is 22.5 Å². The monoisotopic (exact) mass is 290 g/mol. The normalized spacial score (nSPS) is 10.4. The number of hydrogen-bond acceptors (Lipinski definition) is 3. The number of hydrogen-bond donors (Lipinski definition) is 2. The summed E-state index contributed by atoms with van der Waals surface area (Å²) >= 11 is 0. The highest BCUT2D eigenvalue weighted by Crippen LogP contribution is 2.20. The van der Waals surface area contributed by atoms with Gasteiger partial charge in [-0.15, -0.1) is 0 Å². The lowest BCUT2D eigenvalue weighted by molar-refractivity contribution is -0.114. The Morgan fingerprint density at radius 1 is 1.43 bits per heavy atom. The lowest BCUT2D eigenvalue weighted by Gasteiger charge is -2.11. The third-order valence-electron chi connectivity index (χ3n) is 3.01. The quantitative estimate of drug-likeness (QED) is 0.859. The first-order chi connectivity index (χ1) is 10.1. The number of aryl methyl sites for hydroxylation is 1. The fraction of sp³-hybridized carbons (Fsp3) is 0.333. The van der Waals surface area contributed by atoms with Crippen molar-refractivity contribution in [2.24, 2.45) is 0 Å². The van der Waals surface area contributed by atoms with Crippen molar-refractivity contribution < 1.29 is 9.18 Å². The third kappa shape index (κ3) is 4.05. The summed E-state index contributed by atoms with van der Waals surface area (Å²) in [5.41, 5.74) is 1.90. The summed E-state index contributed by atoms with van der Waals surface area (Å²) in [4.78, 5) is 15.1. The van der Waals surface area contributed by atoms with Crippen LogP contribution in [0.2, 0.25) is 0 Å². The first-order valence-corrected chi connectivity index (χ1v) is 6.90. The zero-order valence-corrected chi connectivity index (χ0v) is 12.2. The lowest BCUT2D eigenvalue weighted by atomic mass is 10.2. The van der Waals surface area contributed by atoms with Crippen molar-refractivity contribution in [3.05, 3.63) is 42.2 Å². The van der Waals surface area contributed by atoms with Crippen molar-refractivity contribution in [2.75, 3.05) is 10.6 Å². The van der Waals surface area contributed by atoms with Gasteiger partial charge in [0, 0.05) is 25.4 Å². The molecule has 0 saturated carbocycles. The van der Waals surface area contributed by atoms with Gasteiger partial charge < -0.3 is 15.2 Å². The maximum absolute atomic E-state index is 13.8. The smallest absolute Gasteiger partial charge is 0.221 e. The van der Waals surface area contributed by atoms with Gasteiger partial charge in [-0.1, -0.05) is 6.92 Å². The number of anilines is 2. The van der Waals surface area contributed by atoms with Gasteiger partial charge in [0.05, 0.1) is 24.3 Å². The van der Waals surface area contributed by atoms with Gasteiger partial charge in [-0.25, -0.2) is 9.37 Å². The van der Waals surface area contributed by atoms with Gasteiger partial charge in [-0.3, -0.25) is 4.79 Å². The number of halogens is 1. The number of nitrogens with zero attached hydrogens (tertiary/aromatic N) is 2. The predicted octanol–water partition coefficient (Wildman–Crippen LogP) is 3.00. The molecule has 2 N–H and O–H groups in total. The Kier molecular flexibility index (Phi) is 4.92. The number of carbonyl (C=O) groups excluding carboxylic acids is 1. The van der Waals surface area contributed by atoms with Crippen molar-refractivity contribution in [3.63, 3.8) is 0 Å². The van der Waals surface area contributed by atoms with Crippen LogP contribution < -0.4 is 10.6 Å². The standard InChI is InChI=1S/C15H19FN4O/c1-3-6-20-10-17-8-13(20)9-18-15-7-12(19-11(2)21)4-5-14(15)16/h4-5,7-8,10,18H,3,6,9H2,1-2H3,(H,19,21). The zero-order chi connectivity index (χ0) is 15.2. The number of aromatic nitrogens is 2. The van der Waals surface area contributed by atoms with Crippen LogP contribution in [0.25, 0.3) is 0 Å². The van der Waals surface area contributed by atoms with E-state index in [1.165, 1.54) is 19.1 Å². The van der Waals surface area contributed by atoms with Crippen LogP contribution in [0.5, 0.6) is 0 Å². The van der Waals surface area contributed by atoms with Crippen LogP contribution in [0.1, 0.15) is 26.0 Å². The van der Waals surface area contributed by atoms with Crippen LogP contribution in [-0.2, 0) is 17.9 Å². The molecule has 1 amide bonds. The fourth-order valence-corrected chi connectivity index (χ4v) is 2.07. The van der Waals surface area contributed by atoms with Crippen molar-refractivity contribution >= 4 is 17.3 Å². The topological polar surface area (TPSA) is 59.0 Å². The van der Waals surface area contributed by atoms with Gasteiger partial charge in [-0.05, 0) is 24.6 Å². The summed E-state index contributed by atoms with van der Waals surface area (Å²) in [5, 5.41) is 5.67. The van der Waals surface area contributed by atoms with Gasteiger partial charge >= 0.3 is 0 Å². The second-order valence-electron chi connectivity index (χ2n) is 4.81. The molecule has 0 radical (unpaired) electrons. The molecule has 0 aliphatic rings. The van der Waals surface area contributed by atoms with Crippen molar-refractivity contribution in [1.29, 1.82) is 0 Å². The number of benzene rings is 1. The molecule has 5 nitrogen and oxygen atoms in total. The van der Waals surface area contributed by atoms with Crippen LogP contribution in [0, 0.1) is 5.82 Å². The molecule has 112 valence electrons. The van der Waals surface area contributed by atoms with E-state index in [9.17, 15) is 9.18 Å². The SMILES string of the molecule is CCCn1cncc1CNc1cc(NC(C)=O)ccc1F. The Morgan fingerprint density at radius 3 is 2.95 bits per heavy atom. The fourth-order valence-electron chi connectivity index (χ4n) is 2.07. The summed E-state index contributed by atoms with van der Waals surface area (Å²) in [6.07, 6.45) is 4.54. The first-order valence-electron chi connectivity index (χ1n) is 6.90. The van der Waals surface area contributed by atoms with E-state index < -0.39 is 0 Å². The molecule has 1 aromatic carbocycles. The minimum absolute atomic E-state index is 0.186. The molecule has 0 atom stereocenters. The largest absolute Gasteiger partial charge is 0.377 e. The van der Waals surface area contributed by atoms with Gasteiger partial charge in [0.15, 0.2) is 0 Å². The maximum atomic E-state index is 13.8. The molecule has 1 aromatic heterocycles. The van der Waals surface area contributed by atoms with E-state index in [-0.39, 0.29) is 11.7 Å². The van der Waals surface area contributed by atoms with Crippen LogP contribution in [0.4, 0.5) is 15.8 Å². The molecule has 6 heteroatoms. The Labute approximate surface area is 123 Å². The minimum atomic E-state index is -0.356. The first kappa shape index (κ1) is 15.0. The maximum Gasteiger partial charge on any atom is 0.221 e. The number of carbonyl (C=O) groups is 1. The number of imidazole rings is 1. The highest BCUT2D eigenvalue weighted by Gasteiger charge is 2.06. The van der Waals surface area contributed by atoms with Crippen LogP contribution in [0.3, 0.4) is 0 Å². The molecule has 0 unspecified atom stereocenters. The van der Waals surface area contributed by atoms with Gasteiger partial charge in [0.1, 0.15) is 5.82 Å². The molecular formula is C15H19FN4O. The molecule has 0 aliphatic carbocycles. The van der Waals surface area contributed by atoms with Crippen LogP contribution in [0.15, 0.2) is 30.7 Å². The van der Waals surface area contributed by atoms with E-state index >= 15 is 0 Å². The van der Waals surface area contributed by atoms with E-state index in [0.717, 1.165) is 18.7 Å². The lowest BCUT2D eigenvalue weighted by Crippen LogP contribution is -2.09. The molecule has 0 fully saturated rings. The highest BCUT2D eigenvalue weighted by atomic mass is 19.1. The molecule has 0 aliphatic heterocycles. The second kappa shape index (κ2) is 6.88. The van der Waals surface area contributed by atoms with Crippen LogP contribution >= 0.6 is 0 Å². The van der Waals surface area contributed by atoms with E-state index in [1.54, 1.807) is 18.6 Å². The van der Waals surface area contributed by atoms with Gasteiger partial charge in [0.25, 0.3) is 0 Å². The molecule has 0 spiro atoms. The highest BCUT2D eigenvalue weighted by molar-refractivity contribution is 5.89. The Bertz CT molecular complexity index is 624. The molecular weight excluding hydrogens is 271 g/mol. The Hall–Kier alpha value is -2.37. The summed E-state index contributed by atoms with van der Waals surface area (Å²) in [6.45, 7) is 4.86. The van der Waals surface area contributed by atoms with E-state index in [1.807, 2.05) is 4.57 Å². The van der Waals surface area contributed by atoms with Crippen molar-refractivity contribution in [1.82, 2.24) is 9.55 Å². The number of rotatable bonds is 6. The van der Waals surface area contributed by atoms with E-state index in [4.69, 9.17) is 0 Å². The van der Waals surface area contributed by atoms with E-state index in [0.29, 0.717) is 17.9 Å². The third-order valence-corrected chi connectivity index (χ3v) is 3.01. The molecule has 1 heterocycles. The molecule has 2 aromatic rings. The second-order valence-corrected chi connectivity index (χ2v) is 4.81. The van der Waals surface area contributed by atoms with Gasteiger partial charge in [0.2, 0.25) is 5.91 Å². The van der Waals surface area contributed by atoms with Gasteiger partial charge in [-0.2, -0.15) is 0 Å². The Balaban J connectivity index is 2.08. The summed E-state index contributed by atoms with van der Waals surface area (Å²) in [6, 6.07) is 4.44. The number of amides is 1. The predicted molar refractivity (Wildman–Crippen MR) is 80.5 cm³/mol. The zero-order valence-electron chi connectivity index (χ0n) is 12.2. The van der Waals surface area contributed by atoms with Crippen molar-refractivity contribution in [2.45, 2.75) is 33.4 Å².